The number of ether oxygens (including phenoxy) is 2. The summed E-state index contributed by atoms with van der Waals surface area (Å²) in [6.07, 6.45) is 9.07. The molecule has 0 bridgehead atoms. The van der Waals surface area contributed by atoms with E-state index in [0.717, 1.165) is 42.5 Å². The van der Waals surface area contributed by atoms with Crippen molar-refractivity contribution < 1.29 is 23.5 Å². The molecule has 1 aliphatic heterocycles. The van der Waals surface area contributed by atoms with E-state index < -0.39 is 0 Å². The Balaban J connectivity index is 1.34. The molecule has 6 nitrogen and oxygen atoms in total. The molecule has 3 fully saturated rings. The molecule has 2 aliphatic carbocycles. The second-order valence-electron chi connectivity index (χ2n) is 10.3. The number of fused-ring (bicyclic) bond motifs is 2. The second-order valence-corrected chi connectivity index (χ2v) is 10.3. The number of pyridine rings is 1. The van der Waals surface area contributed by atoms with Gasteiger partial charge in [-0.25, -0.2) is 9.18 Å². The summed E-state index contributed by atoms with van der Waals surface area (Å²) in [5, 5.41) is 3.00. The first kappa shape index (κ1) is 24.5. The highest BCUT2D eigenvalue weighted by molar-refractivity contribution is 5.75. The maximum absolute atomic E-state index is 13.6. The van der Waals surface area contributed by atoms with Crippen LogP contribution in [0, 0.1) is 35.4 Å². The highest BCUT2D eigenvalue weighted by atomic mass is 19.1. The molecule has 1 aromatic heterocycles. The SMILES string of the molecule is CCOC(=O)N[C@@H]1CC[C@H]2[C@@H](C1)C[C@@H]1C(=O)O[C@H](C)[C@H]1[C@H]2/C=C/c1ccc(-c2cccc(F)c2)cn1. The minimum atomic E-state index is -0.368. The molecule has 1 amide bonds. The fraction of sp³-hybridized carbons (Fsp3) is 0.483. The van der Waals surface area contributed by atoms with Gasteiger partial charge in [-0.1, -0.05) is 24.3 Å². The van der Waals surface area contributed by atoms with Gasteiger partial charge in [-0.3, -0.25) is 9.78 Å². The molecule has 0 unspecified atom stereocenters. The van der Waals surface area contributed by atoms with Crippen molar-refractivity contribution in [3.63, 3.8) is 0 Å². The molecule has 0 radical (unpaired) electrons. The number of allylic oxidation sites excluding steroid dienone is 1. The van der Waals surface area contributed by atoms with Gasteiger partial charge in [-0.05, 0) is 87.1 Å². The summed E-state index contributed by atoms with van der Waals surface area (Å²) in [6.45, 7) is 4.15. The standard InChI is InChI=1S/C29H33FN2O4/c1-3-35-29(34)32-23-10-11-24-20(14-23)15-26-27(17(2)36-28(26)33)25(24)12-9-22-8-7-19(16-31-22)18-5-4-6-21(30)13-18/h4-9,12-13,16-17,20,23-27H,3,10-11,14-15H2,1-2H3,(H,32,34)/b12-9+/t17-,20+,23-,24+,25+,26+,27+/m1/s1. The quantitative estimate of drug-likeness (QED) is 0.548. The predicted molar refractivity (Wildman–Crippen MR) is 134 cm³/mol. The second kappa shape index (κ2) is 10.4. The summed E-state index contributed by atoms with van der Waals surface area (Å²) in [6, 6.07) is 10.4. The van der Waals surface area contributed by atoms with Crippen molar-refractivity contribution in [1.29, 1.82) is 0 Å². The van der Waals surface area contributed by atoms with Crippen LogP contribution in [0.5, 0.6) is 0 Å². The molecule has 5 rings (SSSR count). The van der Waals surface area contributed by atoms with Gasteiger partial charge in [0.25, 0.3) is 0 Å². The van der Waals surface area contributed by atoms with E-state index in [9.17, 15) is 14.0 Å². The molecule has 2 saturated carbocycles. The Labute approximate surface area is 211 Å². The fourth-order valence-corrected chi connectivity index (χ4v) is 6.64. The number of benzene rings is 1. The first-order valence-electron chi connectivity index (χ1n) is 13.0. The average Bonchev–Trinajstić information content (AvgIpc) is 3.15. The number of rotatable bonds is 5. The van der Waals surface area contributed by atoms with Gasteiger partial charge >= 0.3 is 12.1 Å². The lowest BCUT2D eigenvalue weighted by atomic mass is 9.57. The number of nitrogens with zero attached hydrogens (tertiary/aromatic N) is 1. The van der Waals surface area contributed by atoms with E-state index in [1.54, 1.807) is 19.2 Å². The number of halogens is 1. The maximum atomic E-state index is 13.6. The summed E-state index contributed by atoms with van der Waals surface area (Å²) >= 11 is 0. The fourth-order valence-electron chi connectivity index (χ4n) is 6.64. The van der Waals surface area contributed by atoms with E-state index in [-0.39, 0.29) is 47.8 Å². The number of aromatic nitrogens is 1. The number of cyclic esters (lactones) is 1. The van der Waals surface area contributed by atoms with Crippen LogP contribution in [0.2, 0.25) is 0 Å². The van der Waals surface area contributed by atoms with Crippen LogP contribution in [0.3, 0.4) is 0 Å². The highest BCUT2D eigenvalue weighted by Crippen LogP contribution is 2.53. The van der Waals surface area contributed by atoms with Crippen molar-refractivity contribution in [1.82, 2.24) is 10.3 Å². The number of esters is 1. The molecule has 36 heavy (non-hydrogen) atoms. The Bertz CT molecular complexity index is 1130. The minimum absolute atomic E-state index is 0.0679. The van der Waals surface area contributed by atoms with Gasteiger partial charge in [0.2, 0.25) is 0 Å². The molecule has 1 aromatic carbocycles. The zero-order valence-corrected chi connectivity index (χ0v) is 20.7. The Morgan fingerprint density at radius 2 is 2.08 bits per heavy atom. The van der Waals surface area contributed by atoms with Crippen LogP contribution < -0.4 is 5.32 Å². The summed E-state index contributed by atoms with van der Waals surface area (Å²) in [5.41, 5.74) is 2.48. The topological polar surface area (TPSA) is 77.5 Å². The number of nitrogens with one attached hydrogen (secondary N) is 1. The van der Waals surface area contributed by atoms with Gasteiger partial charge in [0, 0.05) is 23.7 Å². The minimum Gasteiger partial charge on any atom is -0.462 e. The number of carbonyl (C=O) groups is 2. The average molecular weight is 493 g/mol. The number of hydrogen-bond acceptors (Lipinski definition) is 5. The van der Waals surface area contributed by atoms with Crippen LogP contribution in [0.4, 0.5) is 9.18 Å². The molecule has 190 valence electrons. The van der Waals surface area contributed by atoms with Crippen molar-refractivity contribution >= 4 is 18.1 Å². The van der Waals surface area contributed by atoms with Crippen molar-refractivity contribution in [3.05, 3.63) is 60.2 Å². The van der Waals surface area contributed by atoms with Crippen molar-refractivity contribution in [2.75, 3.05) is 6.61 Å². The number of hydrogen-bond donors (Lipinski definition) is 1. The predicted octanol–water partition coefficient (Wildman–Crippen LogP) is 5.63. The Morgan fingerprint density at radius 3 is 2.83 bits per heavy atom. The Kier molecular flexibility index (Phi) is 7.08. The van der Waals surface area contributed by atoms with Gasteiger partial charge in [0.15, 0.2) is 0 Å². The highest BCUT2D eigenvalue weighted by Gasteiger charge is 2.54. The summed E-state index contributed by atoms with van der Waals surface area (Å²) in [7, 11) is 0. The van der Waals surface area contributed by atoms with Crippen LogP contribution in [0.1, 0.15) is 45.2 Å². The number of carbonyl (C=O) groups excluding carboxylic acids is 2. The van der Waals surface area contributed by atoms with E-state index in [0.29, 0.717) is 18.4 Å². The van der Waals surface area contributed by atoms with Gasteiger partial charge in [0.05, 0.1) is 18.2 Å². The van der Waals surface area contributed by atoms with Crippen LogP contribution in [-0.4, -0.2) is 35.8 Å². The van der Waals surface area contributed by atoms with Crippen molar-refractivity contribution in [2.24, 2.45) is 29.6 Å². The maximum Gasteiger partial charge on any atom is 0.407 e. The lowest BCUT2D eigenvalue weighted by molar-refractivity contribution is -0.144. The molecule has 1 N–H and O–H groups in total. The summed E-state index contributed by atoms with van der Waals surface area (Å²) < 4.78 is 24.3. The third kappa shape index (κ3) is 5.01. The van der Waals surface area contributed by atoms with Crippen LogP contribution in [0.25, 0.3) is 17.2 Å². The van der Waals surface area contributed by atoms with Gasteiger partial charge in [-0.15, -0.1) is 0 Å². The van der Waals surface area contributed by atoms with E-state index in [4.69, 9.17) is 9.47 Å². The van der Waals surface area contributed by atoms with E-state index in [1.165, 1.54) is 12.1 Å². The smallest absolute Gasteiger partial charge is 0.407 e. The van der Waals surface area contributed by atoms with Gasteiger partial charge in [0.1, 0.15) is 11.9 Å². The molecular weight excluding hydrogens is 459 g/mol. The Morgan fingerprint density at radius 1 is 1.22 bits per heavy atom. The largest absolute Gasteiger partial charge is 0.462 e. The summed E-state index contributed by atoms with van der Waals surface area (Å²) in [5.74, 6) is 0.629. The zero-order valence-electron chi connectivity index (χ0n) is 20.7. The number of amides is 1. The van der Waals surface area contributed by atoms with Crippen molar-refractivity contribution in [2.45, 2.75) is 51.7 Å². The first-order chi connectivity index (χ1) is 17.4. The molecule has 1 saturated heterocycles. The molecule has 7 atom stereocenters. The van der Waals surface area contributed by atoms with Crippen LogP contribution in [-0.2, 0) is 14.3 Å². The molecular formula is C29H33FN2O4. The van der Waals surface area contributed by atoms with Crippen molar-refractivity contribution in [3.8, 4) is 11.1 Å². The molecule has 2 aromatic rings. The summed E-state index contributed by atoms with van der Waals surface area (Å²) in [4.78, 5) is 29.2. The zero-order chi connectivity index (χ0) is 25.2. The lowest BCUT2D eigenvalue weighted by Crippen LogP contribution is -2.48. The van der Waals surface area contributed by atoms with Crippen LogP contribution in [0.15, 0.2) is 48.7 Å². The van der Waals surface area contributed by atoms with Gasteiger partial charge in [-0.2, -0.15) is 0 Å². The lowest BCUT2D eigenvalue weighted by Gasteiger charge is -2.47. The molecule has 7 heteroatoms. The molecule has 2 heterocycles. The Hall–Kier alpha value is -3.22. The van der Waals surface area contributed by atoms with E-state index >= 15 is 0 Å². The van der Waals surface area contributed by atoms with E-state index in [1.807, 2.05) is 31.2 Å². The molecule has 0 spiro atoms. The third-order valence-electron chi connectivity index (χ3n) is 8.18. The van der Waals surface area contributed by atoms with Gasteiger partial charge < -0.3 is 14.8 Å². The van der Waals surface area contributed by atoms with Crippen LogP contribution >= 0.6 is 0 Å². The monoisotopic (exact) mass is 492 g/mol. The number of alkyl carbamates (subject to hydrolysis) is 1. The molecule has 3 aliphatic rings. The normalized spacial score (nSPS) is 31.4. The van der Waals surface area contributed by atoms with E-state index in [2.05, 4.69) is 16.4 Å². The third-order valence-corrected chi connectivity index (χ3v) is 8.18. The first-order valence-corrected chi connectivity index (χ1v) is 13.0.